The quantitative estimate of drug-likeness (QED) is 0.781. The van der Waals surface area contributed by atoms with E-state index in [9.17, 15) is 27.6 Å². The Morgan fingerprint density at radius 3 is 2.04 bits per heavy atom. The van der Waals surface area contributed by atoms with Crippen LogP contribution < -0.4 is 5.56 Å². The highest BCUT2D eigenvalue weighted by Gasteiger charge is 2.35. The first-order valence-corrected chi connectivity index (χ1v) is 7.50. The third-order valence-electron chi connectivity index (χ3n) is 3.81. The van der Waals surface area contributed by atoms with Gasteiger partial charge in [0, 0.05) is 19.3 Å². The van der Waals surface area contributed by atoms with Crippen LogP contribution in [0.5, 0.6) is 0 Å². The predicted octanol–water partition coefficient (Wildman–Crippen LogP) is 2.82. The number of aromatic nitrogens is 1. The van der Waals surface area contributed by atoms with Gasteiger partial charge in [-0.2, -0.15) is 13.2 Å². The zero-order valence-corrected chi connectivity index (χ0v) is 13.3. The van der Waals surface area contributed by atoms with Crippen LogP contribution in [0.2, 0.25) is 5.02 Å². The highest BCUT2D eigenvalue weighted by atomic mass is 35.5. The second-order valence-corrected chi connectivity index (χ2v) is 5.79. The van der Waals surface area contributed by atoms with Crippen LogP contribution in [0.15, 0.2) is 41.3 Å². The van der Waals surface area contributed by atoms with Crippen molar-refractivity contribution in [1.29, 1.82) is 0 Å². The molecule has 0 saturated carbocycles. The molecule has 2 heterocycles. The first kappa shape index (κ1) is 17.2. The molecule has 2 amide bonds. The number of halogens is 4. The van der Waals surface area contributed by atoms with Crippen molar-refractivity contribution in [2.45, 2.75) is 12.7 Å². The number of pyridine rings is 1. The van der Waals surface area contributed by atoms with Crippen molar-refractivity contribution >= 4 is 23.4 Å². The van der Waals surface area contributed by atoms with Gasteiger partial charge in [-0.15, -0.1) is 0 Å². The van der Waals surface area contributed by atoms with Crippen molar-refractivity contribution in [2.75, 3.05) is 6.54 Å². The molecule has 0 N–H and O–H groups in total. The number of hydrogen-bond donors (Lipinski definition) is 0. The van der Waals surface area contributed by atoms with Crippen LogP contribution in [0.4, 0.5) is 13.2 Å². The molecule has 3 rings (SSSR count). The standard InChI is InChI=1S/C16H10ClF3N2O3/c17-12-7-9(16(18,19)20)8-21(15(12)25)5-6-22-13(23)10-3-1-2-4-11(10)14(22)24/h1-4,7-8H,5-6H2. The second-order valence-electron chi connectivity index (χ2n) is 5.38. The Hall–Kier alpha value is -2.61. The summed E-state index contributed by atoms with van der Waals surface area (Å²) in [6.07, 6.45) is -4.05. The lowest BCUT2D eigenvalue weighted by Gasteiger charge is -2.16. The third-order valence-corrected chi connectivity index (χ3v) is 4.08. The maximum Gasteiger partial charge on any atom is 0.417 e. The lowest BCUT2D eigenvalue weighted by Crippen LogP contribution is -2.35. The number of nitrogens with zero attached hydrogens (tertiary/aromatic N) is 2. The fourth-order valence-electron chi connectivity index (χ4n) is 2.57. The fraction of sp³-hybridized carbons (Fsp3) is 0.188. The average Bonchev–Trinajstić information content (AvgIpc) is 2.80. The Kier molecular flexibility index (Phi) is 4.16. The number of benzene rings is 1. The average molecular weight is 371 g/mol. The SMILES string of the molecule is O=C1c2ccccc2C(=O)N1CCn1cc(C(F)(F)F)cc(Cl)c1=O. The van der Waals surface area contributed by atoms with Crippen LogP contribution in [-0.4, -0.2) is 27.8 Å². The predicted molar refractivity (Wildman–Crippen MR) is 82.5 cm³/mol. The second kappa shape index (κ2) is 6.03. The van der Waals surface area contributed by atoms with E-state index in [-0.39, 0.29) is 24.2 Å². The van der Waals surface area contributed by atoms with E-state index in [1.165, 1.54) is 12.1 Å². The molecule has 0 fully saturated rings. The van der Waals surface area contributed by atoms with E-state index in [1.807, 2.05) is 0 Å². The van der Waals surface area contributed by atoms with Crippen LogP contribution in [-0.2, 0) is 12.7 Å². The maximum atomic E-state index is 12.8. The molecular weight excluding hydrogens is 361 g/mol. The molecule has 2 aromatic rings. The topological polar surface area (TPSA) is 59.4 Å². The number of hydrogen-bond acceptors (Lipinski definition) is 3. The Bertz CT molecular complexity index is 902. The lowest BCUT2D eigenvalue weighted by atomic mass is 10.1. The van der Waals surface area contributed by atoms with Gasteiger partial charge in [-0.1, -0.05) is 23.7 Å². The van der Waals surface area contributed by atoms with Crippen molar-refractivity contribution < 1.29 is 22.8 Å². The van der Waals surface area contributed by atoms with Crippen molar-refractivity contribution in [3.63, 3.8) is 0 Å². The molecule has 0 spiro atoms. The van der Waals surface area contributed by atoms with Gasteiger partial charge < -0.3 is 4.57 Å². The Balaban J connectivity index is 1.86. The zero-order chi connectivity index (χ0) is 18.4. The first-order chi connectivity index (χ1) is 11.7. The summed E-state index contributed by atoms with van der Waals surface area (Å²) in [6, 6.07) is 6.73. The number of fused-ring (bicyclic) bond motifs is 1. The van der Waals surface area contributed by atoms with Gasteiger partial charge in [-0.05, 0) is 18.2 Å². The molecule has 5 nitrogen and oxygen atoms in total. The molecular formula is C16H10ClF3N2O3. The molecule has 0 aliphatic carbocycles. The van der Waals surface area contributed by atoms with E-state index < -0.39 is 34.1 Å². The number of rotatable bonds is 3. The number of carbonyl (C=O) groups excluding carboxylic acids is 2. The number of alkyl halides is 3. The summed E-state index contributed by atoms with van der Waals surface area (Å²) >= 11 is 5.57. The third kappa shape index (κ3) is 3.05. The van der Waals surface area contributed by atoms with Gasteiger partial charge in [0.25, 0.3) is 17.4 Å². The van der Waals surface area contributed by atoms with Crippen LogP contribution in [0.1, 0.15) is 26.3 Å². The highest BCUT2D eigenvalue weighted by Crippen LogP contribution is 2.29. The van der Waals surface area contributed by atoms with Crippen molar-refractivity contribution in [2.24, 2.45) is 0 Å². The number of carbonyl (C=O) groups is 2. The van der Waals surface area contributed by atoms with E-state index in [0.717, 1.165) is 9.47 Å². The zero-order valence-electron chi connectivity index (χ0n) is 12.5. The van der Waals surface area contributed by atoms with Gasteiger partial charge in [-0.25, -0.2) is 0 Å². The van der Waals surface area contributed by atoms with E-state index in [0.29, 0.717) is 12.3 Å². The molecule has 0 bridgehead atoms. The summed E-state index contributed by atoms with van der Waals surface area (Å²) in [5.74, 6) is -1.10. The van der Waals surface area contributed by atoms with Crippen LogP contribution in [0, 0.1) is 0 Å². The highest BCUT2D eigenvalue weighted by molar-refractivity contribution is 6.30. The molecule has 1 aliphatic rings. The van der Waals surface area contributed by atoms with Crippen LogP contribution >= 0.6 is 11.6 Å². The molecule has 130 valence electrons. The van der Waals surface area contributed by atoms with Crippen LogP contribution in [0.3, 0.4) is 0 Å². The summed E-state index contributed by atoms with van der Waals surface area (Å²) < 4.78 is 39.2. The minimum absolute atomic E-state index is 0.224. The molecule has 1 aliphatic heterocycles. The molecule has 25 heavy (non-hydrogen) atoms. The monoisotopic (exact) mass is 370 g/mol. The smallest absolute Gasteiger partial charge is 0.312 e. The van der Waals surface area contributed by atoms with Gasteiger partial charge >= 0.3 is 6.18 Å². The molecule has 0 atom stereocenters. The fourth-order valence-corrected chi connectivity index (χ4v) is 2.80. The Labute approximate surface area is 144 Å². The maximum absolute atomic E-state index is 12.8. The lowest BCUT2D eigenvalue weighted by molar-refractivity contribution is -0.138. The summed E-state index contributed by atoms with van der Waals surface area (Å²) in [4.78, 5) is 37.2. The number of imide groups is 1. The summed E-state index contributed by atoms with van der Waals surface area (Å²) in [7, 11) is 0. The van der Waals surface area contributed by atoms with Gasteiger partial charge in [0.15, 0.2) is 0 Å². The molecule has 0 unspecified atom stereocenters. The van der Waals surface area contributed by atoms with Gasteiger partial charge in [-0.3, -0.25) is 19.3 Å². The van der Waals surface area contributed by atoms with Crippen molar-refractivity contribution in [3.8, 4) is 0 Å². The van der Waals surface area contributed by atoms with E-state index in [1.54, 1.807) is 12.1 Å². The summed E-state index contributed by atoms with van der Waals surface area (Å²) in [5.41, 5.74) is -1.46. The van der Waals surface area contributed by atoms with E-state index >= 15 is 0 Å². The Morgan fingerprint density at radius 2 is 1.52 bits per heavy atom. The van der Waals surface area contributed by atoms with E-state index in [2.05, 4.69) is 0 Å². The minimum Gasteiger partial charge on any atom is -0.312 e. The van der Waals surface area contributed by atoms with Gasteiger partial charge in [0.2, 0.25) is 0 Å². The first-order valence-electron chi connectivity index (χ1n) is 7.12. The summed E-state index contributed by atoms with van der Waals surface area (Å²) in [5, 5.41) is -0.586. The Morgan fingerprint density at radius 1 is 0.960 bits per heavy atom. The minimum atomic E-state index is -4.67. The van der Waals surface area contributed by atoms with Crippen molar-refractivity contribution in [3.05, 3.63) is 68.6 Å². The normalized spacial score (nSPS) is 14.2. The van der Waals surface area contributed by atoms with Crippen molar-refractivity contribution in [1.82, 2.24) is 9.47 Å². The molecule has 9 heteroatoms. The number of amides is 2. The van der Waals surface area contributed by atoms with Gasteiger partial charge in [0.05, 0.1) is 16.7 Å². The largest absolute Gasteiger partial charge is 0.417 e. The summed E-state index contributed by atoms with van der Waals surface area (Å²) in [6.45, 7) is -0.544. The van der Waals surface area contributed by atoms with Gasteiger partial charge in [0.1, 0.15) is 5.02 Å². The molecule has 1 aromatic carbocycles. The molecule has 0 saturated heterocycles. The molecule has 1 aromatic heterocycles. The van der Waals surface area contributed by atoms with Crippen LogP contribution in [0.25, 0.3) is 0 Å². The molecule has 0 radical (unpaired) electrons. The van der Waals surface area contributed by atoms with E-state index in [4.69, 9.17) is 11.6 Å².